The van der Waals surface area contributed by atoms with E-state index in [-0.39, 0.29) is 6.54 Å². The van der Waals surface area contributed by atoms with Crippen LogP contribution in [0.25, 0.3) is 0 Å². The van der Waals surface area contributed by atoms with E-state index in [4.69, 9.17) is 21.8 Å². The Bertz CT molecular complexity index is 571. The molecule has 1 aromatic heterocycles. The molecule has 0 spiro atoms. The van der Waals surface area contributed by atoms with Crippen molar-refractivity contribution < 1.29 is 4.42 Å². The molecule has 1 aromatic carbocycles. The maximum Gasteiger partial charge on any atom is 0.318 e. The van der Waals surface area contributed by atoms with Gasteiger partial charge in [0.25, 0.3) is 0 Å². The number of benzene rings is 1. The van der Waals surface area contributed by atoms with Gasteiger partial charge in [-0.15, -0.1) is 5.10 Å². The van der Waals surface area contributed by atoms with Gasteiger partial charge in [-0.25, -0.2) is 0 Å². The summed E-state index contributed by atoms with van der Waals surface area (Å²) in [6.07, 6.45) is 1.06. The first-order valence-corrected chi connectivity index (χ1v) is 6.67. The molecule has 0 bridgehead atoms. The predicted molar refractivity (Wildman–Crippen MR) is 73.2 cm³/mol. The molecule has 0 radical (unpaired) electrons. The van der Waals surface area contributed by atoms with Crippen LogP contribution < -0.4 is 10.6 Å². The Morgan fingerprint density at radius 3 is 3.05 bits per heavy atom. The number of rotatable bonds is 3. The fraction of sp³-hybridized carbons (Fsp3) is 0.385. The van der Waals surface area contributed by atoms with Gasteiger partial charge in [-0.1, -0.05) is 28.8 Å². The van der Waals surface area contributed by atoms with Crippen LogP contribution >= 0.6 is 11.6 Å². The van der Waals surface area contributed by atoms with Crippen molar-refractivity contribution >= 4 is 17.6 Å². The van der Waals surface area contributed by atoms with E-state index in [9.17, 15) is 0 Å². The molecule has 1 atom stereocenters. The molecule has 3 rings (SSSR count). The van der Waals surface area contributed by atoms with Crippen LogP contribution in [0, 0.1) is 0 Å². The highest BCUT2D eigenvalue weighted by Gasteiger charge is 2.27. The monoisotopic (exact) mass is 278 g/mol. The number of halogens is 1. The van der Waals surface area contributed by atoms with Crippen molar-refractivity contribution in [1.29, 1.82) is 0 Å². The Morgan fingerprint density at radius 2 is 2.32 bits per heavy atom. The van der Waals surface area contributed by atoms with Crippen molar-refractivity contribution in [3.05, 3.63) is 40.7 Å². The Morgan fingerprint density at radius 1 is 1.42 bits per heavy atom. The second-order valence-electron chi connectivity index (χ2n) is 4.67. The average molecular weight is 279 g/mol. The number of hydrogen-bond acceptors (Lipinski definition) is 5. The lowest BCUT2D eigenvalue weighted by Gasteiger charge is -2.13. The van der Waals surface area contributed by atoms with E-state index >= 15 is 0 Å². The zero-order chi connectivity index (χ0) is 13.2. The molecule has 1 aliphatic rings. The van der Waals surface area contributed by atoms with Gasteiger partial charge in [0, 0.05) is 24.0 Å². The molecule has 5 nitrogen and oxygen atoms in total. The zero-order valence-corrected chi connectivity index (χ0v) is 11.2. The lowest BCUT2D eigenvalue weighted by Crippen LogP contribution is -2.19. The molecule has 1 unspecified atom stereocenters. The number of aromatic nitrogens is 2. The smallest absolute Gasteiger partial charge is 0.318 e. The third kappa shape index (κ3) is 2.57. The molecule has 0 aliphatic carbocycles. The van der Waals surface area contributed by atoms with Gasteiger partial charge >= 0.3 is 6.01 Å². The van der Waals surface area contributed by atoms with Crippen LogP contribution in [0.5, 0.6) is 0 Å². The number of nitrogens with two attached hydrogens (primary N) is 1. The van der Waals surface area contributed by atoms with Gasteiger partial charge in [0.1, 0.15) is 0 Å². The molecular formula is C13H15ClN4O. The van der Waals surface area contributed by atoms with Crippen molar-refractivity contribution in [2.24, 2.45) is 5.73 Å². The molecule has 1 aliphatic heterocycles. The molecule has 0 saturated carbocycles. The highest BCUT2D eigenvalue weighted by atomic mass is 35.5. The Hall–Kier alpha value is -1.59. The first-order chi connectivity index (χ1) is 9.26. The minimum Gasteiger partial charge on any atom is -0.407 e. The summed E-state index contributed by atoms with van der Waals surface area (Å²) in [6.45, 7) is 2.05. The third-order valence-corrected chi connectivity index (χ3v) is 3.64. The predicted octanol–water partition coefficient (Wildman–Crippen LogP) is 2.18. The Labute approximate surface area is 116 Å². The average Bonchev–Trinajstić information content (AvgIpc) is 3.07. The number of nitrogens with zero attached hydrogens (tertiary/aromatic N) is 3. The molecule has 100 valence electrons. The molecule has 1 saturated heterocycles. The highest BCUT2D eigenvalue weighted by molar-refractivity contribution is 6.30. The Kier molecular flexibility index (Phi) is 3.40. The molecule has 6 heteroatoms. The molecule has 0 amide bonds. The molecule has 1 fully saturated rings. The van der Waals surface area contributed by atoms with Crippen LogP contribution in [0.15, 0.2) is 28.7 Å². The van der Waals surface area contributed by atoms with Crippen LogP contribution in [0.3, 0.4) is 0 Å². The van der Waals surface area contributed by atoms with E-state index in [1.807, 2.05) is 18.2 Å². The van der Waals surface area contributed by atoms with E-state index < -0.39 is 0 Å². The lowest BCUT2D eigenvalue weighted by molar-refractivity contribution is 0.491. The van der Waals surface area contributed by atoms with Crippen LogP contribution in [0.2, 0.25) is 5.02 Å². The summed E-state index contributed by atoms with van der Waals surface area (Å²) in [7, 11) is 0. The standard InChI is InChI=1S/C13H15ClN4O/c14-11-3-1-2-9(6-11)10-4-5-18(8-10)13-17-16-12(7-15)19-13/h1-3,6,10H,4-5,7-8,15H2. The van der Waals surface area contributed by atoms with Crippen molar-refractivity contribution in [3.63, 3.8) is 0 Å². The molecule has 2 aromatic rings. The largest absolute Gasteiger partial charge is 0.407 e. The topological polar surface area (TPSA) is 68.2 Å². The summed E-state index contributed by atoms with van der Waals surface area (Å²) in [4.78, 5) is 2.09. The summed E-state index contributed by atoms with van der Waals surface area (Å²) >= 11 is 6.03. The maximum absolute atomic E-state index is 6.03. The summed E-state index contributed by atoms with van der Waals surface area (Å²) in [5, 5.41) is 8.68. The molecule has 19 heavy (non-hydrogen) atoms. The van der Waals surface area contributed by atoms with Gasteiger partial charge in [-0.3, -0.25) is 0 Å². The van der Waals surface area contributed by atoms with Crippen molar-refractivity contribution in [2.45, 2.75) is 18.9 Å². The Balaban J connectivity index is 1.73. The summed E-state index contributed by atoms with van der Waals surface area (Å²) in [5.74, 6) is 0.924. The SMILES string of the molecule is NCc1nnc(N2CCC(c3cccc(Cl)c3)C2)o1. The molecule has 2 N–H and O–H groups in total. The number of hydrogen-bond donors (Lipinski definition) is 1. The van der Waals surface area contributed by atoms with Crippen LogP contribution in [0.1, 0.15) is 23.8 Å². The normalized spacial score (nSPS) is 19.1. The van der Waals surface area contributed by atoms with Gasteiger partial charge < -0.3 is 15.1 Å². The zero-order valence-electron chi connectivity index (χ0n) is 10.4. The van der Waals surface area contributed by atoms with Gasteiger partial charge in [0.15, 0.2) is 0 Å². The maximum atomic E-state index is 6.03. The van der Waals surface area contributed by atoms with E-state index in [2.05, 4.69) is 21.2 Å². The first-order valence-electron chi connectivity index (χ1n) is 6.29. The first kappa shape index (κ1) is 12.4. The summed E-state index contributed by atoms with van der Waals surface area (Å²) in [5.41, 5.74) is 6.73. The van der Waals surface area contributed by atoms with Crippen LogP contribution in [-0.4, -0.2) is 23.3 Å². The molecular weight excluding hydrogens is 264 g/mol. The fourth-order valence-electron chi connectivity index (χ4n) is 2.42. The van der Waals surface area contributed by atoms with Gasteiger partial charge in [0.2, 0.25) is 5.89 Å². The van der Waals surface area contributed by atoms with Crippen LogP contribution in [0.4, 0.5) is 6.01 Å². The van der Waals surface area contributed by atoms with E-state index in [1.54, 1.807) is 0 Å². The quantitative estimate of drug-likeness (QED) is 0.932. The van der Waals surface area contributed by atoms with E-state index in [1.165, 1.54) is 5.56 Å². The second-order valence-corrected chi connectivity index (χ2v) is 5.11. The number of anilines is 1. The third-order valence-electron chi connectivity index (χ3n) is 3.41. The fourth-order valence-corrected chi connectivity index (χ4v) is 2.62. The van der Waals surface area contributed by atoms with Gasteiger partial charge in [-0.05, 0) is 24.1 Å². The van der Waals surface area contributed by atoms with E-state index in [0.717, 1.165) is 24.5 Å². The van der Waals surface area contributed by atoms with Crippen molar-refractivity contribution in [3.8, 4) is 0 Å². The van der Waals surface area contributed by atoms with Crippen molar-refractivity contribution in [1.82, 2.24) is 10.2 Å². The lowest BCUT2D eigenvalue weighted by atomic mass is 9.99. The van der Waals surface area contributed by atoms with Crippen LogP contribution in [-0.2, 0) is 6.54 Å². The summed E-state index contributed by atoms with van der Waals surface area (Å²) < 4.78 is 5.48. The minimum absolute atomic E-state index is 0.276. The molecule has 2 heterocycles. The highest BCUT2D eigenvalue weighted by Crippen LogP contribution is 2.31. The van der Waals surface area contributed by atoms with Crippen molar-refractivity contribution in [2.75, 3.05) is 18.0 Å². The summed E-state index contributed by atoms with van der Waals surface area (Å²) in [6, 6.07) is 8.57. The van der Waals surface area contributed by atoms with E-state index in [0.29, 0.717) is 17.8 Å². The second kappa shape index (κ2) is 5.19. The van der Waals surface area contributed by atoms with Gasteiger partial charge in [0.05, 0.1) is 6.54 Å². The minimum atomic E-state index is 0.276. The van der Waals surface area contributed by atoms with Gasteiger partial charge in [-0.2, -0.15) is 0 Å².